The molecule has 1 fully saturated rings. The van der Waals surface area contributed by atoms with Gasteiger partial charge in [-0.1, -0.05) is 13.3 Å². The number of rotatable bonds is 3. The van der Waals surface area contributed by atoms with E-state index >= 15 is 0 Å². The van der Waals surface area contributed by atoms with Crippen molar-refractivity contribution in [3.8, 4) is 0 Å². The van der Waals surface area contributed by atoms with Crippen molar-refractivity contribution in [2.24, 2.45) is 0 Å². The summed E-state index contributed by atoms with van der Waals surface area (Å²) in [6.07, 6.45) is 3.25. The third-order valence-corrected chi connectivity index (χ3v) is 3.57. The fourth-order valence-corrected chi connectivity index (χ4v) is 2.55. The topological polar surface area (TPSA) is 53.4 Å². The number of amides is 1. The quantitative estimate of drug-likeness (QED) is 0.926. The average molecular weight is 299 g/mol. The van der Waals surface area contributed by atoms with Crippen LogP contribution >= 0.6 is 15.9 Å². The molecule has 0 radical (unpaired) electrons. The Morgan fingerprint density at radius 2 is 2.35 bits per heavy atom. The van der Waals surface area contributed by atoms with Crippen LogP contribution in [0.5, 0.6) is 0 Å². The summed E-state index contributed by atoms with van der Waals surface area (Å²) in [6, 6.07) is 3.56. The van der Waals surface area contributed by atoms with Crippen LogP contribution in [0.4, 0.5) is 0 Å². The molecular weight excluding hydrogens is 284 g/mol. The Morgan fingerprint density at radius 1 is 1.65 bits per heavy atom. The Kier molecular flexibility index (Phi) is 3.49. The van der Waals surface area contributed by atoms with E-state index in [1.165, 1.54) is 0 Å². The summed E-state index contributed by atoms with van der Waals surface area (Å²) in [5, 5.41) is 10.0. The summed E-state index contributed by atoms with van der Waals surface area (Å²) >= 11 is 3.31. The van der Waals surface area contributed by atoms with Gasteiger partial charge in [-0.2, -0.15) is 0 Å². The standard InChI is InChI=1S/C12H15BrN2O2/c1-2-5-12(17)7-15(8-12)11(16)10-9(13)4-3-6-14-10/h3-4,6,17H,2,5,7-8H2,1H3. The Bertz CT molecular complexity index is 430. The fourth-order valence-electron chi connectivity index (χ4n) is 2.12. The first-order chi connectivity index (χ1) is 8.06. The molecule has 1 N–H and O–H groups in total. The van der Waals surface area contributed by atoms with Crippen LogP contribution in [0.3, 0.4) is 0 Å². The van der Waals surface area contributed by atoms with Crippen LogP contribution in [-0.2, 0) is 0 Å². The number of hydrogen-bond acceptors (Lipinski definition) is 3. The van der Waals surface area contributed by atoms with Crippen LogP contribution in [0.25, 0.3) is 0 Å². The maximum Gasteiger partial charge on any atom is 0.273 e. The van der Waals surface area contributed by atoms with E-state index in [0.29, 0.717) is 23.3 Å². The number of β-amino-alcohol motifs (C(OH)–C–C–N with tert-alkyl or cyclic N) is 1. The molecule has 0 unspecified atom stereocenters. The van der Waals surface area contributed by atoms with Crippen LogP contribution in [0, 0.1) is 0 Å². The van der Waals surface area contributed by atoms with Gasteiger partial charge in [0.25, 0.3) is 5.91 Å². The zero-order valence-corrected chi connectivity index (χ0v) is 11.3. The van der Waals surface area contributed by atoms with Gasteiger partial charge in [-0.25, -0.2) is 4.98 Å². The zero-order valence-electron chi connectivity index (χ0n) is 9.69. The molecule has 4 nitrogen and oxygen atoms in total. The monoisotopic (exact) mass is 298 g/mol. The van der Waals surface area contributed by atoms with Gasteiger partial charge >= 0.3 is 0 Å². The first-order valence-corrected chi connectivity index (χ1v) is 6.47. The minimum absolute atomic E-state index is 0.127. The number of nitrogens with zero attached hydrogens (tertiary/aromatic N) is 2. The van der Waals surface area contributed by atoms with E-state index in [1.54, 1.807) is 23.2 Å². The van der Waals surface area contributed by atoms with Crippen molar-refractivity contribution in [2.75, 3.05) is 13.1 Å². The van der Waals surface area contributed by atoms with Crippen molar-refractivity contribution in [2.45, 2.75) is 25.4 Å². The number of hydrogen-bond donors (Lipinski definition) is 1. The minimum Gasteiger partial charge on any atom is -0.386 e. The van der Waals surface area contributed by atoms with E-state index < -0.39 is 5.60 Å². The predicted molar refractivity (Wildman–Crippen MR) is 67.7 cm³/mol. The molecule has 2 rings (SSSR count). The van der Waals surface area contributed by atoms with Crippen LogP contribution in [-0.4, -0.2) is 39.6 Å². The molecule has 0 aromatic carbocycles. The number of carbonyl (C=O) groups is 1. The van der Waals surface area contributed by atoms with Gasteiger partial charge in [-0.15, -0.1) is 0 Å². The SMILES string of the molecule is CCCC1(O)CN(C(=O)c2ncccc2Br)C1. The van der Waals surface area contributed by atoms with Crippen molar-refractivity contribution in [3.05, 3.63) is 28.5 Å². The van der Waals surface area contributed by atoms with E-state index in [9.17, 15) is 9.90 Å². The summed E-state index contributed by atoms with van der Waals surface area (Å²) in [5.74, 6) is -0.127. The third kappa shape index (κ3) is 2.50. The summed E-state index contributed by atoms with van der Waals surface area (Å²) in [5.41, 5.74) is -0.280. The highest BCUT2D eigenvalue weighted by atomic mass is 79.9. The summed E-state index contributed by atoms with van der Waals surface area (Å²) < 4.78 is 0.691. The smallest absolute Gasteiger partial charge is 0.273 e. The lowest BCUT2D eigenvalue weighted by atomic mass is 9.89. The van der Waals surface area contributed by atoms with Gasteiger partial charge in [-0.3, -0.25) is 4.79 Å². The number of pyridine rings is 1. The molecule has 0 spiro atoms. The van der Waals surface area contributed by atoms with Crippen LogP contribution in [0.15, 0.2) is 22.8 Å². The van der Waals surface area contributed by atoms with Gasteiger partial charge in [0, 0.05) is 10.7 Å². The number of aliphatic hydroxyl groups is 1. The maximum atomic E-state index is 12.1. The van der Waals surface area contributed by atoms with Gasteiger partial charge < -0.3 is 10.0 Å². The van der Waals surface area contributed by atoms with Gasteiger partial charge in [0.1, 0.15) is 5.69 Å². The molecule has 1 saturated heterocycles. The number of aromatic nitrogens is 1. The second-order valence-corrected chi connectivity index (χ2v) is 5.32. The van der Waals surface area contributed by atoms with Crippen LogP contribution in [0.1, 0.15) is 30.3 Å². The molecule has 17 heavy (non-hydrogen) atoms. The largest absolute Gasteiger partial charge is 0.386 e. The highest BCUT2D eigenvalue weighted by Crippen LogP contribution is 2.28. The molecule has 92 valence electrons. The third-order valence-electron chi connectivity index (χ3n) is 2.93. The lowest BCUT2D eigenvalue weighted by Crippen LogP contribution is -2.63. The molecule has 0 atom stereocenters. The lowest BCUT2D eigenvalue weighted by Gasteiger charge is -2.46. The predicted octanol–water partition coefficient (Wildman–Crippen LogP) is 1.83. The van der Waals surface area contributed by atoms with Crippen molar-refractivity contribution in [1.82, 2.24) is 9.88 Å². The molecule has 0 saturated carbocycles. The Morgan fingerprint density at radius 3 is 2.94 bits per heavy atom. The molecule has 0 bridgehead atoms. The van der Waals surface area contributed by atoms with E-state index in [1.807, 2.05) is 6.92 Å². The summed E-state index contributed by atoms with van der Waals surface area (Å²) in [4.78, 5) is 17.7. The van der Waals surface area contributed by atoms with Crippen molar-refractivity contribution in [3.63, 3.8) is 0 Å². The van der Waals surface area contributed by atoms with Gasteiger partial charge in [0.2, 0.25) is 0 Å². The van der Waals surface area contributed by atoms with Gasteiger partial charge in [0.05, 0.1) is 18.7 Å². The first-order valence-electron chi connectivity index (χ1n) is 5.68. The molecule has 0 aliphatic carbocycles. The van der Waals surface area contributed by atoms with Crippen molar-refractivity contribution in [1.29, 1.82) is 0 Å². The average Bonchev–Trinajstić information content (AvgIpc) is 2.26. The zero-order chi connectivity index (χ0) is 12.5. The Hall–Kier alpha value is -0.940. The minimum atomic E-state index is -0.689. The Balaban J connectivity index is 2.03. The molecule has 1 aromatic heterocycles. The molecule has 1 aliphatic rings. The second kappa shape index (κ2) is 4.74. The maximum absolute atomic E-state index is 12.1. The van der Waals surface area contributed by atoms with E-state index in [4.69, 9.17) is 0 Å². The van der Waals surface area contributed by atoms with Crippen LogP contribution in [0.2, 0.25) is 0 Å². The highest BCUT2D eigenvalue weighted by Gasteiger charge is 2.43. The number of likely N-dealkylation sites (tertiary alicyclic amines) is 1. The molecular formula is C12H15BrN2O2. The van der Waals surface area contributed by atoms with Gasteiger partial charge in [0.15, 0.2) is 0 Å². The molecule has 1 aromatic rings. The van der Waals surface area contributed by atoms with E-state index in [2.05, 4.69) is 20.9 Å². The van der Waals surface area contributed by atoms with Crippen molar-refractivity contribution >= 4 is 21.8 Å². The lowest BCUT2D eigenvalue weighted by molar-refractivity contribution is -0.0862. The normalized spacial score (nSPS) is 17.7. The number of carbonyl (C=O) groups excluding carboxylic acids is 1. The number of halogens is 1. The van der Waals surface area contributed by atoms with E-state index in [0.717, 1.165) is 12.8 Å². The summed E-state index contributed by atoms with van der Waals surface area (Å²) in [7, 11) is 0. The molecule has 2 heterocycles. The molecule has 1 aliphatic heterocycles. The molecule has 5 heteroatoms. The van der Waals surface area contributed by atoms with Crippen molar-refractivity contribution < 1.29 is 9.90 Å². The van der Waals surface area contributed by atoms with Gasteiger partial charge in [-0.05, 0) is 34.5 Å². The second-order valence-electron chi connectivity index (χ2n) is 4.47. The highest BCUT2D eigenvalue weighted by molar-refractivity contribution is 9.10. The first kappa shape index (κ1) is 12.5. The van der Waals surface area contributed by atoms with Crippen LogP contribution < -0.4 is 0 Å². The molecule has 1 amide bonds. The Labute approximate surface area is 109 Å². The summed E-state index contributed by atoms with van der Waals surface area (Å²) in [6.45, 7) is 2.84. The fraction of sp³-hybridized carbons (Fsp3) is 0.500. The van der Waals surface area contributed by atoms with E-state index in [-0.39, 0.29) is 5.91 Å².